The first kappa shape index (κ1) is 11.1. The van der Waals surface area contributed by atoms with Crippen molar-refractivity contribution in [3.8, 4) is 0 Å². The number of aryl methyl sites for hydroxylation is 1. The van der Waals surface area contributed by atoms with Crippen LogP contribution in [0.15, 0.2) is 24.1 Å². The van der Waals surface area contributed by atoms with Gasteiger partial charge in [-0.1, -0.05) is 13.0 Å². The number of nitrogens with one attached hydrogen (secondary N) is 1. The van der Waals surface area contributed by atoms with Crippen molar-refractivity contribution in [2.45, 2.75) is 26.3 Å². The van der Waals surface area contributed by atoms with Crippen LogP contribution in [-0.4, -0.2) is 16.0 Å². The maximum Gasteiger partial charge on any atom is 0.138 e. The number of rotatable bonds is 4. The summed E-state index contributed by atoms with van der Waals surface area (Å²) in [6.45, 7) is 7.88. The van der Waals surface area contributed by atoms with Gasteiger partial charge in [0.2, 0.25) is 0 Å². The summed E-state index contributed by atoms with van der Waals surface area (Å²) >= 11 is 1.65. The lowest BCUT2D eigenvalue weighted by Gasteiger charge is -2.11. The van der Waals surface area contributed by atoms with Gasteiger partial charge in [-0.25, -0.2) is 9.97 Å². The first-order valence-electron chi connectivity index (χ1n) is 5.37. The van der Waals surface area contributed by atoms with E-state index < -0.39 is 0 Å². The smallest absolute Gasteiger partial charge is 0.138 e. The molecular weight excluding hydrogens is 218 g/mol. The SMILES string of the molecule is C=CC(C)Nc1nc(CC)nc2sccc12. The van der Waals surface area contributed by atoms with Gasteiger partial charge in [0, 0.05) is 12.5 Å². The van der Waals surface area contributed by atoms with E-state index in [0.29, 0.717) is 0 Å². The summed E-state index contributed by atoms with van der Waals surface area (Å²) in [5, 5.41) is 6.47. The Kier molecular flexibility index (Phi) is 3.19. The summed E-state index contributed by atoms with van der Waals surface area (Å²) < 4.78 is 0. The van der Waals surface area contributed by atoms with Crippen LogP contribution < -0.4 is 5.32 Å². The van der Waals surface area contributed by atoms with Crippen LogP contribution in [0.1, 0.15) is 19.7 Å². The van der Waals surface area contributed by atoms with Crippen LogP contribution in [0.25, 0.3) is 10.2 Å². The molecule has 0 bridgehead atoms. The predicted molar refractivity (Wildman–Crippen MR) is 70.1 cm³/mol. The van der Waals surface area contributed by atoms with Crippen LogP contribution in [0.5, 0.6) is 0 Å². The van der Waals surface area contributed by atoms with Crippen molar-refractivity contribution in [1.29, 1.82) is 0 Å². The second kappa shape index (κ2) is 4.61. The third-order valence-electron chi connectivity index (χ3n) is 2.41. The van der Waals surface area contributed by atoms with Crippen molar-refractivity contribution < 1.29 is 0 Å². The predicted octanol–water partition coefficient (Wildman–Crippen LogP) is 3.24. The monoisotopic (exact) mass is 233 g/mol. The Bertz CT molecular complexity index is 504. The summed E-state index contributed by atoms with van der Waals surface area (Å²) in [5.41, 5.74) is 0. The van der Waals surface area contributed by atoms with Crippen LogP contribution in [-0.2, 0) is 6.42 Å². The van der Waals surface area contributed by atoms with Gasteiger partial charge >= 0.3 is 0 Å². The number of anilines is 1. The molecule has 16 heavy (non-hydrogen) atoms. The van der Waals surface area contributed by atoms with Crippen molar-refractivity contribution in [3.63, 3.8) is 0 Å². The number of thiophene rings is 1. The van der Waals surface area contributed by atoms with E-state index >= 15 is 0 Å². The lowest BCUT2D eigenvalue weighted by molar-refractivity contribution is 0.934. The van der Waals surface area contributed by atoms with Crippen molar-refractivity contribution in [1.82, 2.24) is 9.97 Å². The molecule has 0 fully saturated rings. The maximum atomic E-state index is 4.52. The lowest BCUT2D eigenvalue weighted by atomic mass is 10.3. The highest BCUT2D eigenvalue weighted by atomic mass is 32.1. The van der Waals surface area contributed by atoms with Crippen LogP contribution in [0.4, 0.5) is 5.82 Å². The minimum Gasteiger partial charge on any atom is -0.364 e. The highest BCUT2D eigenvalue weighted by Crippen LogP contribution is 2.25. The molecule has 0 radical (unpaired) electrons. The summed E-state index contributed by atoms with van der Waals surface area (Å²) in [4.78, 5) is 10.1. The molecule has 3 nitrogen and oxygen atoms in total. The fourth-order valence-electron chi connectivity index (χ4n) is 1.44. The Labute approximate surface area is 99.2 Å². The maximum absolute atomic E-state index is 4.52. The Hall–Kier alpha value is -1.42. The third-order valence-corrected chi connectivity index (χ3v) is 3.21. The minimum absolute atomic E-state index is 0.211. The molecule has 1 atom stereocenters. The first-order chi connectivity index (χ1) is 7.74. The van der Waals surface area contributed by atoms with Crippen LogP contribution in [0.2, 0.25) is 0 Å². The highest BCUT2D eigenvalue weighted by Gasteiger charge is 2.08. The van der Waals surface area contributed by atoms with E-state index in [1.54, 1.807) is 11.3 Å². The van der Waals surface area contributed by atoms with E-state index in [9.17, 15) is 0 Å². The van der Waals surface area contributed by atoms with Crippen molar-refractivity contribution >= 4 is 27.4 Å². The Morgan fingerprint density at radius 1 is 1.56 bits per heavy atom. The van der Waals surface area contributed by atoms with E-state index in [1.807, 2.05) is 11.5 Å². The third kappa shape index (κ3) is 2.07. The molecule has 4 heteroatoms. The summed E-state index contributed by atoms with van der Waals surface area (Å²) in [6.07, 6.45) is 2.72. The number of hydrogen-bond acceptors (Lipinski definition) is 4. The zero-order valence-corrected chi connectivity index (χ0v) is 10.3. The quantitative estimate of drug-likeness (QED) is 0.824. The molecule has 2 aromatic heterocycles. The van der Waals surface area contributed by atoms with Gasteiger partial charge in [-0.2, -0.15) is 0 Å². The van der Waals surface area contributed by atoms with Gasteiger partial charge in [0.1, 0.15) is 16.5 Å². The van der Waals surface area contributed by atoms with E-state index in [4.69, 9.17) is 0 Å². The van der Waals surface area contributed by atoms with Gasteiger partial charge in [0.25, 0.3) is 0 Å². The highest BCUT2D eigenvalue weighted by molar-refractivity contribution is 7.16. The molecule has 0 spiro atoms. The van der Waals surface area contributed by atoms with E-state index in [-0.39, 0.29) is 6.04 Å². The van der Waals surface area contributed by atoms with Crippen molar-refractivity contribution in [2.24, 2.45) is 0 Å². The number of hydrogen-bond donors (Lipinski definition) is 1. The molecule has 0 amide bonds. The fraction of sp³-hybridized carbons (Fsp3) is 0.333. The standard InChI is InChI=1S/C12H15N3S/c1-4-8(3)13-11-9-6-7-16-12(9)15-10(5-2)14-11/h4,6-8H,1,5H2,2-3H3,(H,13,14,15). The molecule has 0 saturated carbocycles. The summed E-state index contributed by atoms with van der Waals surface area (Å²) in [5.74, 6) is 1.80. The van der Waals surface area contributed by atoms with Gasteiger partial charge in [0.05, 0.1) is 5.39 Å². The number of aromatic nitrogens is 2. The topological polar surface area (TPSA) is 37.8 Å². The van der Waals surface area contributed by atoms with Crippen molar-refractivity contribution in [2.75, 3.05) is 5.32 Å². The van der Waals surface area contributed by atoms with Gasteiger partial charge in [-0.3, -0.25) is 0 Å². The summed E-state index contributed by atoms with van der Waals surface area (Å²) in [7, 11) is 0. The largest absolute Gasteiger partial charge is 0.364 e. The Balaban J connectivity index is 2.47. The van der Waals surface area contributed by atoms with Crippen LogP contribution >= 0.6 is 11.3 Å². The zero-order valence-electron chi connectivity index (χ0n) is 9.53. The molecule has 0 aliphatic rings. The van der Waals surface area contributed by atoms with E-state index in [1.165, 1.54) is 0 Å². The Morgan fingerprint density at radius 2 is 2.38 bits per heavy atom. The molecule has 2 heterocycles. The van der Waals surface area contributed by atoms with Gasteiger partial charge < -0.3 is 5.32 Å². The molecular formula is C12H15N3S. The number of fused-ring (bicyclic) bond motifs is 1. The molecule has 2 rings (SSSR count). The van der Waals surface area contributed by atoms with Crippen molar-refractivity contribution in [3.05, 3.63) is 29.9 Å². The molecule has 1 unspecified atom stereocenters. The number of nitrogens with zero attached hydrogens (tertiary/aromatic N) is 2. The Morgan fingerprint density at radius 3 is 3.06 bits per heavy atom. The molecule has 1 N–H and O–H groups in total. The first-order valence-corrected chi connectivity index (χ1v) is 6.25. The molecule has 2 aromatic rings. The summed E-state index contributed by atoms with van der Waals surface area (Å²) in [6, 6.07) is 2.26. The second-order valence-electron chi connectivity index (χ2n) is 3.65. The molecule has 0 aromatic carbocycles. The van der Waals surface area contributed by atoms with Gasteiger partial charge in [-0.05, 0) is 18.4 Å². The average molecular weight is 233 g/mol. The van der Waals surface area contributed by atoms with Crippen LogP contribution in [0, 0.1) is 0 Å². The second-order valence-corrected chi connectivity index (χ2v) is 4.54. The zero-order chi connectivity index (χ0) is 11.5. The van der Waals surface area contributed by atoms with Gasteiger partial charge in [0.15, 0.2) is 0 Å². The molecule has 84 valence electrons. The molecule has 0 saturated heterocycles. The van der Waals surface area contributed by atoms with Gasteiger partial charge in [-0.15, -0.1) is 17.9 Å². The van der Waals surface area contributed by atoms with E-state index in [2.05, 4.69) is 41.8 Å². The normalized spacial score (nSPS) is 12.6. The van der Waals surface area contributed by atoms with Crippen LogP contribution in [0.3, 0.4) is 0 Å². The lowest BCUT2D eigenvalue weighted by Crippen LogP contribution is -2.13. The molecule has 0 aliphatic heterocycles. The molecule has 0 aliphatic carbocycles. The average Bonchev–Trinajstić information content (AvgIpc) is 2.76. The van der Waals surface area contributed by atoms with E-state index in [0.717, 1.165) is 28.3 Å². The fourth-order valence-corrected chi connectivity index (χ4v) is 2.23. The minimum atomic E-state index is 0.211.